The third kappa shape index (κ3) is 2.27. The SMILES string of the molecule is N[C@@H](c1c(O)c(F)cc(Br)c1F)C(F)(F)F. The van der Waals surface area contributed by atoms with Gasteiger partial charge in [0.2, 0.25) is 0 Å². The third-order valence-electron chi connectivity index (χ3n) is 1.84. The first-order valence-corrected chi connectivity index (χ1v) is 4.64. The summed E-state index contributed by atoms with van der Waals surface area (Å²) in [6, 6.07) is -2.28. The van der Waals surface area contributed by atoms with Gasteiger partial charge in [-0.05, 0) is 22.0 Å². The Labute approximate surface area is 95.0 Å². The molecule has 1 aromatic rings. The molecule has 1 rings (SSSR count). The molecular weight excluding hydrogens is 301 g/mol. The van der Waals surface area contributed by atoms with Crippen LogP contribution in [0.1, 0.15) is 11.6 Å². The smallest absolute Gasteiger partial charge is 0.407 e. The van der Waals surface area contributed by atoms with Crippen LogP contribution in [0.15, 0.2) is 10.5 Å². The van der Waals surface area contributed by atoms with E-state index in [4.69, 9.17) is 10.8 Å². The van der Waals surface area contributed by atoms with Gasteiger partial charge >= 0.3 is 6.18 Å². The number of rotatable bonds is 1. The van der Waals surface area contributed by atoms with Gasteiger partial charge in [0, 0.05) is 0 Å². The lowest BCUT2D eigenvalue weighted by Crippen LogP contribution is -2.29. The Balaban J connectivity index is 3.44. The van der Waals surface area contributed by atoms with Crippen molar-refractivity contribution >= 4 is 15.9 Å². The van der Waals surface area contributed by atoms with E-state index in [9.17, 15) is 22.0 Å². The molecule has 0 aromatic heterocycles. The van der Waals surface area contributed by atoms with Crippen LogP contribution in [0.4, 0.5) is 22.0 Å². The second-order valence-electron chi connectivity index (χ2n) is 2.94. The maximum Gasteiger partial charge on any atom is 0.407 e. The van der Waals surface area contributed by atoms with E-state index in [1.54, 1.807) is 0 Å². The summed E-state index contributed by atoms with van der Waals surface area (Å²) in [5, 5.41) is 9.02. The van der Waals surface area contributed by atoms with E-state index >= 15 is 0 Å². The molecule has 0 unspecified atom stereocenters. The predicted octanol–water partition coefficient (Wildman–Crippen LogP) is 2.99. The van der Waals surface area contributed by atoms with Crippen molar-refractivity contribution in [2.24, 2.45) is 5.73 Å². The third-order valence-corrected chi connectivity index (χ3v) is 2.42. The van der Waals surface area contributed by atoms with Gasteiger partial charge < -0.3 is 10.8 Å². The van der Waals surface area contributed by atoms with Crippen LogP contribution >= 0.6 is 15.9 Å². The summed E-state index contributed by atoms with van der Waals surface area (Å²) in [5.41, 5.74) is 3.38. The molecule has 0 spiro atoms. The van der Waals surface area contributed by atoms with Crippen molar-refractivity contribution in [1.29, 1.82) is 0 Å². The molecule has 2 nitrogen and oxygen atoms in total. The van der Waals surface area contributed by atoms with Gasteiger partial charge in [-0.3, -0.25) is 0 Å². The molecule has 0 radical (unpaired) electrons. The molecule has 0 saturated heterocycles. The van der Waals surface area contributed by atoms with Gasteiger partial charge in [0.25, 0.3) is 0 Å². The van der Waals surface area contributed by atoms with E-state index < -0.39 is 39.6 Å². The molecular formula is C8H5BrF5NO. The fourth-order valence-corrected chi connectivity index (χ4v) is 1.47. The van der Waals surface area contributed by atoms with Crippen molar-refractivity contribution in [2.45, 2.75) is 12.2 Å². The lowest BCUT2D eigenvalue weighted by atomic mass is 10.1. The summed E-state index contributed by atoms with van der Waals surface area (Å²) >= 11 is 2.52. The quantitative estimate of drug-likeness (QED) is 0.619. The number of halogens is 6. The molecule has 0 amide bonds. The first-order chi connectivity index (χ1) is 7.16. The monoisotopic (exact) mass is 305 g/mol. The van der Waals surface area contributed by atoms with E-state index in [0.717, 1.165) is 0 Å². The maximum absolute atomic E-state index is 13.3. The van der Waals surface area contributed by atoms with Gasteiger partial charge in [0.1, 0.15) is 11.9 Å². The number of benzene rings is 1. The highest BCUT2D eigenvalue weighted by Crippen LogP contribution is 2.39. The van der Waals surface area contributed by atoms with Crippen LogP contribution in [0.3, 0.4) is 0 Å². The van der Waals surface area contributed by atoms with Gasteiger partial charge in [-0.15, -0.1) is 0 Å². The summed E-state index contributed by atoms with van der Waals surface area (Å²) in [4.78, 5) is 0. The molecule has 3 N–H and O–H groups in total. The summed E-state index contributed by atoms with van der Waals surface area (Å²) < 4.78 is 62.3. The van der Waals surface area contributed by atoms with Crippen LogP contribution in [0.25, 0.3) is 0 Å². The number of phenols is 1. The molecule has 0 bridgehead atoms. The molecule has 8 heteroatoms. The highest BCUT2D eigenvalue weighted by atomic mass is 79.9. The summed E-state index contributed by atoms with van der Waals surface area (Å²) in [7, 11) is 0. The number of aromatic hydroxyl groups is 1. The number of hydrogen-bond donors (Lipinski definition) is 2. The van der Waals surface area contributed by atoms with Crippen molar-refractivity contribution in [2.75, 3.05) is 0 Å². The zero-order valence-electron chi connectivity index (χ0n) is 7.45. The van der Waals surface area contributed by atoms with E-state index in [1.807, 2.05) is 0 Å². The van der Waals surface area contributed by atoms with Gasteiger partial charge in [0.15, 0.2) is 11.6 Å². The van der Waals surface area contributed by atoms with E-state index in [2.05, 4.69) is 15.9 Å². The summed E-state index contributed by atoms with van der Waals surface area (Å²) in [6.45, 7) is 0. The summed E-state index contributed by atoms with van der Waals surface area (Å²) in [5.74, 6) is -4.27. The highest BCUT2D eigenvalue weighted by Gasteiger charge is 2.42. The van der Waals surface area contributed by atoms with Crippen molar-refractivity contribution in [3.05, 3.63) is 27.7 Å². The molecule has 0 fully saturated rings. The molecule has 0 aliphatic heterocycles. The topological polar surface area (TPSA) is 46.2 Å². The normalized spacial score (nSPS) is 13.9. The standard InChI is InChI=1S/C8H5BrF5NO/c9-2-1-3(10)6(16)4(5(2)11)7(15)8(12,13)14/h1,7,16H,15H2/t7-/m0/s1. The molecule has 0 heterocycles. The largest absolute Gasteiger partial charge is 0.505 e. The number of nitrogens with two attached hydrogens (primary N) is 1. The Kier molecular flexibility index (Phi) is 3.44. The minimum Gasteiger partial charge on any atom is -0.505 e. The average Bonchev–Trinajstić information content (AvgIpc) is 2.13. The van der Waals surface area contributed by atoms with Crippen LogP contribution in [0, 0.1) is 11.6 Å². The fourth-order valence-electron chi connectivity index (χ4n) is 1.05. The van der Waals surface area contributed by atoms with Gasteiger partial charge in [-0.2, -0.15) is 13.2 Å². The van der Waals surface area contributed by atoms with Crippen LogP contribution in [-0.4, -0.2) is 11.3 Å². The molecule has 0 saturated carbocycles. The van der Waals surface area contributed by atoms with Crippen molar-refractivity contribution in [3.63, 3.8) is 0 Å². The molecule has 1 aromatic carbocycles. The molecule has 90 valence electrons. The Bertz CT molecular complexity index is 394. The van der Waals surface area contributed by atoms with Crippen molar-refractivity contribution in [3.8, 4) is 5.75 Å². The Morgan fingerprint density at radius 2 is 1.81 bits per heavy atom. The predicted molar refractivity (Wildman–Crippen MR) is 48.7 cm³/mol. The number of alkyl halides is 3. The minimum atomic E-state index is -4.98. The second kappa shape index (κ2) is 4.17. The molecule has 16 heavy (non-hydrogen) atoms. The van der Waals surface area contributed by atoms with Gasteiger partial charge in [-0.1, -0.05) is 0 Å². The van der Waals surface area contributed by atoms with Crippen molar-refractivity contribution in [1.82, 2.24) is 0 Å². The number of hydrogen-bond acceptors (Lipinski definition) is 2. The first kappa shape index (κ1) is 13.2. The fraction of sp³-hybridized carbons (Fsp3) is 0.250. The van der Waals surface area contributed by atoms with Gasteiger partial charge in [-0.25, -0.2) is 8.78 Å². The first-order valence-electron chi connectivity index (χ1n) is 3.85. The van der Waals surface area contributed by atoms with Crippen LogP contribution in [0.5, 0.6) is 5.75 Å². The lowest BCUT2D eigenvalue weighted by molar-refractivity contribution is -0.150. The maximum atomic E-state index is 13.3. The highest BCUT2D eigenvalue weighted by molar-refractivity contribution is 9.10. The zero-order valence-corrected chi connectivity index (χ0v) is 9.03. The number of phenolic OH excluding ortho intramolecular Hbond substituents is 1. The molecule has 0 aliphatic rings. The van der Waals surface area contributed by atoms with Crippen LogP contribution in [-0.2, 0) is 0 Å². The Morgan fingerprint density at radius 1 is 1.31 bits per heavy atom. The Hall–Kier alpha value is -0.890. The zero-order chi connectivity index (χ0) is 12.7. The Morgan fingerprint density at radius 3 is 2.25 bits per heavy atom. The summed E-state index contributed by atoms with van der Waals surface area (Å²) in [6.07, 6.45) is -4.98. The molecule has 0 aliphatic carbocycles. The van der Waals surface area contributed by atoms with Crippen molar-refractivity contribution < 1.29 is 27.1 Å². The lowest BCUT2D eigenvalue weighted by Gasteiger charge is -2.18. The minimum absolute atomic E-state index is 0.511. The van der Waals surface area contributed by atoms with E-state index in [-0.39, 0.29) is 0 Å². The van der Waals surface area contributed by atoms with Gasteiger partial charge in [0.05, 0.1) is 10.0 Å². The van der Waals surface area contributed by atoms with E-state index in [1.165, 1.54) is 0 Å². The second-order valence-corrected chi connectivity index (χ2v) is 3.79. The molecule has 1 atom stereocenters. The van der Waals surface area contributed by atoms with Crippen LogP contribution in [0.2, 0.25) is 0 Å². The van der Waals surface area contributed by atoms with Crippen LogP contribution < -0.4 is 5.73 Å². The van der Waals surface area contributed by atoms with E-state index in [0.29, 0.717) is 6.07 Å². The average molecular weight is 306 g/mol.